The van der Waals surface area contributed by atoms with Gasteiger partial charge >= 0.3 is 0 Å². The van der Waals surface area contributed by atoms with Gasteiger partial charge in [-0.1, -0.05) is 27.5 Å². The number of nitrogens with one attached hydrogen (secondary N) is 1. The van der Waals surface area contributed by atoms with Gasteiger partial charge in [-0.3, -0.25) is 4.72 Å². The molecule has 21 heavy (non-hydrogen) atoms. The second-order valence-electron chi connectivity index (χ2n) is 4.36. The first-order chi connectivity index (χ1) is 9.83. The van der Waals surface area contributed by atoms with Crippen molar-refractivity contribution in [2.24, 2.45) is 0 Å². The molecule has 0 radical (unpaired) electrons. The molecule has 2 aromatic rings. The number of ether oxygens (including phenoxy) is 1. The maximum Gasteiger partial charge on any atom is 0.261 e. The molecular formula is C14H13BrClNO3S. The van der Waals surface area contributed by atoms with Crippen molar-refractivity contribution in [3.05, 3.63) is 51.5 Å². The normalized spacial score (nSPS) is 11.2. The van der Waals surface area contributed by atoms with Gasteiger partial charge in [0.2, 0.25) is 0 Å². The maximum atomic E-state index is 12.4. The van der Waals surface area contributed by atoms with E-state index in [1.807, 2.05) is 13.0 Å². The van der Waals surface area contributed by atoms with Gasteiger partial charge in [0, 0.05) is 4.47 Å². The third kappa shape index (κ3) is 3.70. The second-order valence-corrected chi connectivity index (χ2v) is 7.37. The van der Waals surface area contributed by atoms with Crippen molar-refractivity contribution in [3.63, 3.8) is 0 Å². The maximum absolute atomic E-state index is 12.4. The number of sulfonamides is 1. The largest absolute Gasteiger partial charge is 0.495 e. The first-order valence-corrected chi connectivity index (χ1v) is 8.61. The molecule has 0 saturated carbocycles. The zero-order chi connectivity index (χ0) is 15.6. The summed E-state index contributed by atoms with van der Waals surface area (Å²) in [7, 11) is -2.23. The quantitative estimate of drug-likeness (QED) is 0.850. The number of anilines is 1. The van der Waals surface area contributed by atoms with Gasteiger partial charge in [-0.15, -0.1) is 0 Å². The third-order valence-corrected chi connectivity index (χ3v) is 5.02. The van der Waals surface area contributed by atoms with Gasteiger partial charge in [0.25, 0.3) is 10.0 Å². The first-order valence-electron chi connectivity index (χ1n) is 5.96. The molecule has 0 fully saturated rings. The topological polar surface area (TPSA) is 55.4 Å². The van der Waals surface area contributed by atoms with Gasteiger partial charge < -0.3 is 4.74 Å². The summed E-state index contributed by atoms with van der Waals surface area (Å²) in [5.74, 6) is 0.426. The van der Waals surface area contributed by atoms with Gasteiger partial charge in [-0.05, 0) is 48.9 Å². The molecular weight excluding hydrogens is 378 g/mol. The van der Waals surface area contributed by atoms with Crippen molar-refractivity contribution in [1.82, 2.24) is 0 Å². The van der Waals surface area contributed by atoms with Crippen LogP contribution in [-0.2, 0) is 10.0 Å². The Balaban J connectivity index is 2.36. The lowest BCUT2D eigenvalue weighted by molar-refractivity contribution is 0.414. The molecule has 0 bridgehead atoms. The summed E-state index contributed by atoms with van der Waals surface area (Å²) in [6.45, 7) is 1.82. The highest BCUT2D eigenvalue weighted by Crippen LogP contribution is 2.28. The van der Waals surface area contributed by atoms with E-state index < -0.39 is 10.0 Å². The fourth-order valence-corrected chi connectivity index (χ4v) is 3.71. The lowest BCUT2D eigenvalue weighted by Crippen LogP contribution is -2.13. The summed E-state index contributed by atoms with van der Waals surface area (Å²) in [5, 5.41) is 0.243. The van der Waals surface area contributed by atoms with Crippen LogP contribution in [0.15, 0.2) is 45.8 Å². The molecule has 0 aliphatic carbocycles. The highest BCUT2D eigenvalue weighted by molar-refractivity contribution is 9.10. The molecule has 2 rings (SSSR count). The first kappa shape index (κ1) is 16.1. The average Bonchev–Trinajstić information content (AvgIpc) is 2.42. The minimum absolute atomic E-state index is 0.0793. The lowest BCUT2D eigenvalue weighted by atomic mass is 10.2. The zero-order valence-electron chi connectivity index (χ0n) is 11.4. The summed E-state index contributed by atoms with van der Waals surface area (Å²) in [6.07, 6.45) is 0. The molecule has 0 aliphatic heterocycles. The van der Waals surface area contributed by atoms with Gasteiger partial charge in [0.15, 0.2) is 0 Å². The monoisotopic (exact) mass is 389 g/mol. The van der Waals surface area contributed by atoms with Gasteiger partial charge in [0.05, 0.1) is 22.7 Å². The van der Waals surface area contributed by atoms with Crippen LogP contribution in [-0.4, -0.2) is 15.5 Å². The Labute approximate surface area is 137 Å². The van der Waals surface area contributed by atoms with E-state index in [-0.39, 0.29) is 9.92 Å². The van der Waals surface area contributed by atoms with E-state index in [0.29, 0.717) is 11.4 Å². The Morgan fingerprint density at radius 2 is 1.90 bits per heavy atom. The molecule has 0 saturated heterocycles. The number of hydrogen-bond donors (Lipinski definition) is 1. The Bertz CT molecular complexity index is 778. The number of methoxy groups -OCH3 is 1. The Hall–Kier alpha value is -1.24. The Morgan fingerprint density at radius 1 is 1.19 bits per heavy atom. The number of rotatable bonds is 4. The number of halogens is 2. The predicted octanol–water partition coefficient (Wildman–Crippen LogP) is 4.22. The molecule has 112 valence electrons. The van der Waals surface area contributed by atoms with E-state index in [1.54, 1.807) is 12.1 Å². The molecule has 7 heteroatoms. The standard InChI is InChI=1S/C14H13BrClNO3S/c1-9-7-10(15)3-5-13(9)17-21(18,19)11-4-6-14(20-2)12(16)8-11/h3-8,17H,1-2H3. The predicted molar refractivity (Wildman–Crippen MR) is 87.7 cm³/mol. The van der Waals surface area contributed by atoms with E-state index >= 15 is 0 Å². The molecule has 0 heterocycles. The summed E-state index contributed by atoms with van der Waals surface area (Å²) in [5.41, 5.74) is 1.33. The van der Waals surface area contributed by atoms with Crippen molar-refractivity contribution in [2.75, 3.05) is 11.8 Å². The van der Waals surface area contributed by atoms with Crippen LogP contribution in [0.4, 0.5) is 5.69 Å². The molecule has 0 spiro atoms. The summed E-state index contributed by atoms with van der Waals surface area (Å²) in [4.78, 5) is 0.0793. The molecule has 1 N–H and O–H groups in total. The highest BCUT2D eigenvalue weighted by Gasteiger charge is 2.17. The van der Waals surface area contributed by atoms with Crippen LogP contribution >= 0.6 is 27.5 Å². The van der Waals surface area contributed by atoms with Crippen molar-refractivity contribution in [2.45, 2.75) is 11.8 Å². The van der Waals surface area contributed by atoms with Crippen LogP contribution in [0.5, 0.6) is 5.75 Å². The van der Waals surface area contributed by atoms with E-state index in [0.717, 1.165) is 10.0 Å². The Morgan fingerprint density at radius 3 is 2.48 bits per heavy atom. The van der Waals surface area contributed by atoms with E-state index in [9.17, 15) is 8.42 Å². The fraction of sp³-hybridized carbons (Fsp3) is 0.143. The molecule has 4 nitrogen and oxygen atoms in total. The lowest BCUT2D eigenvalue weighted by Gasteiger charge is -2.12. The molecule has 0 unspecified atom stereocenters. The second kappa shape index (κ2) is 6.25. The van der Waals surface area contributed by atoms with E-state index in [2.05, 4.69) is 20.7 Å². The molecule has 0 aliphatic rings. The summed E-state index contributed by atoms with van der Waals surface area (Å²) >= 11 is 9.30. The highest BCUT2D eigenvalue weighted by atomic mass is 79.9. The van der Waals surface area contributed by atoms with Crippen molar-refractivity contribution < 1.29 is 13.2 Å². The summed E-state index contributed by atoms with van der Waals surface area (Å²) in [6, 6.07) is 9.62. The zero-order valence-corrected chi connectivity index (χ0v) is 14.5. The molecule has 0 atom stereocenters. The van der Waals surface area contributed by atoms with Crippen LogP contribution in [0.3, 0.4) is 0 Å². The van der Waals surface area contributed by atoms with E-state index in [1.165, 1.54) is 25.3 Å². The van der Waals surface area contributed by atoms with Crippen molar-refractivity contribution >= 4 is 43.2 Å². The Kier molecular flexibility index (Phi) is 4.81. The van der Waals surface area contributed by atoms with Crippen molar-refractivity contribution in [3.8, 4) is 5.75 Å². The smallest absolute Gasteiger partial charge is 0.261 e. The number of hydrogen-bond acceptors (Lipinski definition) is 3. The minimum atomic E-state index is -3.70. The van der Waals surface area contributed by atoms with Crippen LogP contribution in [0.2, 0.25) is 5.02 Å². The molecule has 2 aromatic carbocycles. The molecule has 0 amide bonds. The number of benzene rings is 2. The van der Waals surface area contributed by atoms with Gasteiger partial charge in [0.1, 0.15) is 5.75 Å². The van der Waals surface area contributed by atoms with Gasteiger partial charge in [-0.25, -0.2) is 8.42 Å². The van der Waals surface area contributed by atoms with Crippen molar-refractivity contribution in [1.29, 1.82) is 0 Å². The van der Waals surface area contributed by atoms with Crippen LogP contribution in [0.1, 0.15) is 5.56 Å². The summed E-state index contributed by atoms with van der Waals surface area (Å²) < 4.78 is 33.2. The minimum Gasteiger partial charge on any atom is -0.495 e. The van der Waals surface area contributed by atoms with Crippen LogP contribution < -0.4 is 9.46 Å². The third-order valence-electron chi connectivity index (χ3n) is 2.87. The SMILES string of the molecule is COc1ccc(S(=O)(=O)Nc2ccc(Br)cc2C)cc1Cl. The van der Waals surface area contributed by atoms with Crippen LogP contribution in [0, 0.1) is 6.92 Å². The average molecular weight is 391 g/mol. The number of aryl methyl sites for hydroxylation is 1. The van der Waals surface area contributed by atoms with E-state index in [4.69, 9.17) is 16.3 Å². The van der Waals surface area contributed by atoms with Gasteiger partial charge in [-0.2, -0.15) is 0 Å². The van der Waals surface area contributed by atoms with Crippen LogP contribution in [0.25, 0.3) is 0 Å². The molecule has 0 aromatic heterocycles. The fourth-order valence-electron chi connectivity index (χ4n) is 1.76.